The molecule has 3 heterocycles. The first kappa shape index (κ1) is 19.7. The lowest BCUT2D eigenvalue weighted by Crippen LogP contribution is -2.18. The van der Waals surface area contributed by atoms with E-state index in [-0.39, 0.29) is 11.7 Å². The Hall–Kier alpha value is -2.62. The highest BCUT2D eigenvalue weighted by Gasteiger charge is 2.12. The molecule has 1 amide bonds. The summed E-state index contributed by atoms with van der Waals surface area (Å²) in [4.78, 5) is 18.0. The van der Waals surface area contributed by atoms with E-state index in [2.05, 4.69) is 31.7 Å². The molecule has 1 aromatic carbocycles. The molecule has 4 aromatic rings. The van der Waals surface area contributed by atoms with Crippen LogP contribution >= 0.6 is 34.7 Å². The molecule has 0 aliphatic heterocycles. The molecule has 29 heavy (non-hydrogen) atoms. The molecule has 0 radical (unpaired) electrons. The first-order chi connectivity index (χ1) is 14.2. The summed E-state index contributed by atoms with van der Waals surface area (Å²) in [5, 5.41) is 17.5. The molecular formula is C19H17ClN6OS2. The van der Waals surface area contributed by atoms with E-state index in [9.17, 15) is 4.79 Å². The van der Waals surface area contributed by atoms with Crippen LogP contribution in [0.4, 0.5) is 5.82 Å². The number of thioether (sulfide) groups is 1. The van der Waals surface area contributed by atoms with Gasteiger partial charge in [-0.15, -0.1) is 16.4 Å². The Kier molecular flexibility index (Phi) is 6.28. The van der Waals surface area contributed by atoms with E-state index in [0.29, 0.717) is 29.0 Å². The molecule has 10 heteroatoms. The Morgan fingerprint density at radius 2 is 2.14 bits per heavy atom. The minimum Gasteiger partial charge on any atom is -0.310 e. The van der Waals surface area contributed by atoms with Gasteiger partial charge < -0.3 is 5.32 Å². The van der Waals surface area contributed by atoms with Gasteiger partial charge in [0.25, 0.3) is 0 Å². The number of nitrogens with zero attached hydrogens (tertiary/aromatic N) is 4. The second-order valence-electron chi connectivity index (χ2n) is 6.12. The van der Waals surface area contributed by atoms with Crippen molar-refractivity contribution >= 4 is 46.4 Å². The van der Waals surface area contributed by atoms with E-state index in [1.165, 1.54) is 16.6 Å². The zero-order valence-corrected chi connectivity index (χ0v) is 17.6. The van der Waals surface area contributed by atoms with Gasteiger partial charge in [-0.05, 0) is 23.1 Å². The lowest BCUT2D eigenvalue weighted by Gasteiger charge is -2.09. The van der Waals surface area contributed by atoms with Gasteiger partial charge in [-0.3, -0.25) is 9.89 Å². The number of aromatic amines is 1. The van der Waals surface area contributed by atoms with Gasteiger partial charge in [0, 0.05) is 22.4 Å². The third kappa shape index (κ3) is 5.26. The Morgan fingerprint density at radius 1 is 1.24 bits per heavy atom. The minimum absolute atomic E-state index is 0.152. The molecule has 148 valence electrons. The lowest BCUT2D eigenvalue weighted by molar-refractivity contribution is -0.113. The number of hydrogen-bond donors (Lipinski definition) is 2. The summed E-state index contributed by atoms with van der Waals surface area (Å²) in [6.45, 7) is 0.475. The molecule has 0 aliphatic rings. The Bertz CT molecular complexity index is 1090. The van der Waals surface area contributed by atoms with Crippen LogP contribution in [0.3, 0.4) is 0 Å². The van der Waals surface area contributed by atoms with Crippen LogP contribution < -0.4 is 5.32 Å². The predicted molar refractivity (Wildman–Crippen MR) is 116 cm³/mol. The number of benzene rings is 1. The molecule has 0 aliphatic carbocycles. The predicted octanol–water partition coefficient (Wildman–Crippen LogP) is 4.09. The summed E-state index contributed by atoms with van der Waals surface area (Å²) >= 11 is 9.17. The average molecular weight is 445 g/mol. The monoisotopic (exact) mass is 444 g/mol. The maximum Gasteiger partial charge on any atom is 0.235 e. The second kappa shape index (κ2) is 9.25. The van der Waals surface area contributed by atoms with Crippen molar-refractivity contribution in [2.75, 3.05) is 11.1 Å². The van der Waals surface area contributed by atoms with Gasteiger partial charge >= 0.3 is 0 Å². The normalized spacial score (nSPS) is 10.9. The van der Waals surface area contributed by atoms with Crippen molar-refractivity contribution in [1.82, 2.24) is 25.0 Å². The zero-order chi connectivity index (χ0) is 20.1. The van der Waals surface area contributed by atoms with Gasteiger partial charge in [-0.25, -0.2) is 9.67 Å². The van der Waals surface area contributed by atoms with Crippen LogP contribution in [-0.4, -0.2) is 36.6 Å². The van der Waals surface area contributed by atoms with Gasteiger partial charge in [0.05, 0.1) is 18.5 Å². The number of hydrogen-bond acceptors (Lipinski definition) is 6. The van der Waals surface area contributed by atoms with Crippen molar-refractivity contribution in [3.8, 4) is 0 Å². The number of thiophene rings is 1. The SMILES string of the molecule is O=C(CSc1n[nH]c(Cc2cccs2)n1)Nc1ccnn1Cc1ccccc1Cl. The maximum atomic E-state index is 12.4. The fraction of sp³-hybridized carbons (Fsp3) is 0.158. The van der Waals surface area contributed by atoms with E-state index in [1.807, 2.05) is 35.7 Å². The highest BCUT2D eigenvalue weighted by atomic mass is 35.5. The molecule has 0 atom stereocenters. The number of carbonyl (C=O) groups is 1. The van der Waals surface area contributed by atoms with Crippen LogP contribution in [0.1, 0.15) is 16.3 Å². The Balaban J connectivity index is 1.31. The molecule has 0 unspecified atom stereocenters. The summed E-state index contributed by atoms with van der Waals surface area (Å²) in [5.41, 5.74) is 0.932. The van der Waals surface area contributed by atoms with E-state index in [4.69, 9.17) is 11.6 Å². The van der Waals surface area contributed by atoms with Crippen molar-refractivity contribution in [3.63, 3.8) is 0 Å². The molecule has 4 rings (SSSR count). The molecule has 0 bridgehead atoms. The van der Waals surface area contributed by atoms with E-state index < -0.39 is 0 Å². The van der Waals surface area contributed by atoms with Crippen molar-refractivity contribution in [2.24, 2.45) is 0 Å². The number of halogens is 1. The molecule has 0 fully saturated rings. The highest BCUT2D eigenvalue weighted by molar-refractivity contribution is 7.99. The van der Waals surface area contributed by atoms with Crippen molar-refractivity contribution in [3.05, 3.63) is 75.3 Å². The summed E-state index contributed by atoms with van der Waals surface area (Å²) < 4.78 is 1.70. The summed E-state index contributed by atoms with van der Waals surface area (Å²) in [5.74, 6) is 1.45. The fourth-order valence-corrected chi connectivity index (χ4v) is 4.18. The molecule has 2 N–H and O–H groups in total. The van der Waals surface area contributed by atoms with Crippen LogP contribution in [0, 0.1) is 0 Å². The average Bonchev–Trinajstić information content (AvgIpc) is 3.46. The van der Waals surface area contributed by atoms with Gasteiger partial charge in [-0.1, -0.05) is 47.6 Å². The quantitative estimate of drug-likeness (QED) is 0.399. The molecule has 0 saturated heterocycles. The Labute approximate surface area is 180 Å². The van der Waals surface area contributed by atoms with Gasteiger partial charge in [0.1, 0.15) is 11.6 Å². The third-order valence-corrected chi connectivity index (χ3v) is 6.12. The van der Waals surface area contributed by atoms with Crippen LogP contribution in [-0.2, 0) is 17.8 Å². The number of carbonyl (C=O) groups excluding carboxylic acids is 1. The minimum atomic E-state index is -0.152. The first-order valence-electron chi connectivity index (χ1n) is 8.79. The van der Waals surface area contributed by atoms with Crippen molar-refractivity contribution in [1.29, 1.82) is 0 Å². The number of rotatable bonds is 8. The summed E-state index contributed by atoms with van der Waals surface area (Å²) in [7, 11) is 0. The molecule has 3 aromatic heterocycles. The fourth-order valence-electron chi connectivity index (χ4n) is 2.66. The van der Waals surface area contributed by atoms with Gasteiger partial charge in [0.2, 0.25) is 11.1 Å². The first-order valence-corrected chi connectivity index (χ1v) is 11.0. The second-order valence-corrected chi connectivity index (χ2v) is 8.51. The van der Waals surface area contributed by atoms with E-state index >= 15 is 0 Å². The lowest BCUT2D eigenvalue weighted by atomic mass is 10.2. The smallest absolute Gasteiger partial charge is 0.235 e. The Morgan fingerprint density at radius 3 is 2.97 bits per heavy atom. The number of anilines is 1. The van der Waals surface area contributed by atoms with Crippen LogP contribution in [0.25, 0.3) is 0 Å². The van der Waals surface area contributed by atoms with Crippen LogP contribution in [0.5, 0.6) is 0 Å². The molecule has 7 nitrogen and oxygen atoms in total. The molecule has 0 spiro atoms. The number of aromatic nitrogens is 5. The third-order valence-electron chi connectivity index (χ3n) is 4.03. The van der Waals surface area contributed by atoms with Gasteiger partial charge in [-0.2, -0.15) is 5.10 Å². The molecule has 0 saturated carbocycles. The van der Waals surface area contributed by atoms with Gasteiger partial charge in [0.15, 0.2) is 0 Å². The maximum absolute atomic E-state index is 12.4. The van der Waals surface area contributed by atoms with E-state index in [1.54, 1.807) is 28.3 Å². The van der Waals surface area contributed by atoms with E-state index in [0.717, 1.165) is 11.4 Å². The van der Waals surface area contributed by atoms with Crippen LogP contribution in [0.2, 0.25) is 5.02 Å². The highest BCUT2D eigenvalue weighted by Crippen LogP contribution is 2.19. The standard InChI is InChI=1S/C19H17ClN6OS2/c20-15-6-2-1-4-13(15)11-26-17(7-8-21-26)23-18(27)12-29-19-22-16(24-25-19)10-14-5-3-9-28-14/h1-9H,10-12H2,(H,23,27)(H,22,24,25). The summed E-state index contributed by atoms with van der Waals surface area (Å²) in [6, 6.07) is 13.4. The van der Waals surface area contributed by atoms with Crippen LogP contribution in [0.15, 0.2) is 59.2 Å². The van der Waals surface area contributed by atoms with Crippen molar-refractivity contribution in [2.45, 2.75) is 18.1 Å². The largest absolute Gasteiger partial charge is 0.310 e. The molecular weight excluding hydrogens is 428 g/mol. The zero-order valence-electron chi connectivity index (χ0n) is 15.2. The number of H-pyrrole nitrogens is 1. The number of amides is 1. The topological polar surface area (TPSA) is 88.5 Å². The number of nitrogens with one attached hydrogen (secondary N) is 2. The van der Waals surface area contributed by atoms with Crippen molar-refractivity contribution < 1.29 is 4.79 Å². The summed E-state index contributed by atoms with van der Waals surface area (Å²) in [6.07, 6.45) is 2.35.